The second kappa shape index (κ2) is 6.06. The molecule has 0 aromatic heterocycles. The van der Waals surface area contributed by atoms with Crippen LogP contribution in [0.4, 0.5) is 11.4 Å². The van der Waals surface area contributed by atoms with Crippen LogP contribution in [0.1, 0.15) is 19.4 Å². The molecule has 0 N–H and O–H groups in total. The zero-order valence-electron chi connectivity index (χ0n) is 14.1. The summed E-state index contributed by atoms with van der Waals surface area (Å²) < 4.78 is 0. The van der Waals surface area contributed by atoms with Crippen molar-refractivity contribution in [2.24, 2.45) is 0 Å². The lowest BCUT2D eigenvalue weighted by Gasteiger charge is -2.30. The second-order valence-electron chi connectivity index (χ2n) is 7.10. The predicted molar refractivity (Wildman–Crippen MR) is 97.9 cm³/mol. The van der Waals surface area contributed by atoms with Gasteiger partial charge < -0.3 is 4.90 Å². The smallest absolute Gasteiger partial charge is 0.0775 e. The van der Waals surface area contributed by atoms with E-state index in [1.165, 1.54) is 22.1 Å². The molecule has 0 radical (unpaired) electrons. The van der Waals surface area contributed by atoms with Crippen molar-refractivity contribution < 1.29 is 0 Å². The van der Waals surface area contributed by atoms with Gasteiger partial charge in [-0.15, -0.1) is 0 Å². The van der Waals surface area contributed by atoms with Gasteiger partial charge in [0.25, 0.3) is 0 Å². The van der Waals surface area contributed by atoms with E-state index in [-0.39, 0.29) is 0 Å². The van der Waals surface area contributed by atoms with Gasteiger partial charge in [0.15, 0.2) is 0 Å². The summed E-state index contributed by atoms with van der Waals surface area (Å²) in [5.41, 5.74) is 3.84. The van der Waals surface area contributed by atoms with Crippen LogP contribution >= 0.6 is 0 Å². The molecular formula is C19H27NSi. The summed E-state index contributed by atoms with van der Waals surface area (Å²) in [7, 11) is -1.22. The molecule has 0 saturated heterocycles. The first-order valence-electron chi connectivity index (χ1n) is 7.75. The highest BCUT2D eigenvalue weighted by molar-refractivity contribution is 6.88. The number of aryl methyl sites for hydroxylation is 1. The lowest BCUT2D eigenvalue weighted by Crippen LogP contribution is -2.37. The van der Waals surface area contributed by atoms with Crippen molar-refractivity contribution in [3.05, 3.63) is 54.1 Å². The average Bonchev–Trinajstić information content (AvgIpc) is 2.40. The topological polar surface area (TPSA) is 3.24 Å². The molecule has 112 valence electrons. The third-order valence-electron chi connectivity index (χ3n) is 3.84. The van der Waals surface area contributed by atoms with Crippen LogP contribution in [0.25, 0.3) is 0 Å². The highest BCUT2D eigenvalue weighted by Crippen LogP contribution is 2.27. The molecule has 0 fully saturated rings. The highest BCUT2D eigenvalue weighted by Gasteiger charge is 2.18. The quantitative estimate of drug-likeness (QED) is 0.711. The molecule has 21 heavy (non-hydrogen) atoms. The van der Waals surface area contributed by atoms with Gasteiger partial charge in [0.1, 0.15) is 0 Å². The maximum atomic E-state index is 2.40. The molecule has 2 heteroatoms. The van der Waals surface area contributed by atoms with Crippen LogP contribution in [0.3, 0.4) is 0 Å². The lowest BCUT2D eigenvalue weighted by molar-refractivity contribution is 0.789. The molecule has 0 aliphatic carbocycles. The first-order chi connectivity index (χ1) is 9.79. The number of hydrogen-bond acceptors (Lipinski definition) is 1. The van der Waals surface area contributed by atoms with E-state index in [2.05, 4.69) is 93.8 Å². The molecule has 2 aromatic carbocycles. The summed E-state index contributed by atoms with van der Waals surface area (Å²) in [6.07, 6.45) is 0. The van der Waals surface area contributed by atoms with Crippen LogP contribution in [-0.2, 0) is 0 Å². The van der Waals surface area contributed by atoms with Crippen LogP contribution in [0, 0.1) is 6.92 Å². The molecule has 0 heterocycles. The minimum atomic E-state index is -1.22. The molecular weight excluding hydrogens is 270 g/mol. The predicted octanol–water partition coefficient (Wildman–Crippen LogP) is 5.09. The molecule has 2 aromatic rings. The number of nitrogens with zero attached hydrogens (tertiary/aromatic N) is 1. The fraction of sp³-hybridized carbons (Fsp3) is 0.368. The SMILES string of the molecule is Cc1ccc(N(c2ccc([Si](C)(C)C)cc2)C(C)C)cc1. The summed E-state index contributed by atoms with van der Waals surface area (Å²) in [6, 6.07) is 18.4. The fourth-order valence-electron chi connectivity index (χ4n) is 2.57. The van der Waals surface area contributed by atoms with Crippen LogP contribution in [0.5, 0.6) is 0 Å². The minimum Gasteiger partial charge on any atom is -0.339 e. The van der Waals surface area contributed by atoms with E-state index in [4.69, 9.17) is 0 Å². The normalized spacial score (nSPS) is 11.8. The molecule has 0 atom stereocenters. The number of rotatable bonds is 4. The summed E-state index contributed by atoms with van der Waals surface area (Å²) >= 11 is 0. The third kappa shape index (κ3) is 3.76. The molecule has 0 spiro atoms. The van der Waals surface area contributed by atoms with E-state index in [1.807, 2.05) is 0 Å². The van der Waals surface area contributed by atoms with E-state index in [1.54, 1.807) is 0 Å². The van der Waals surface area contributed by atoms with Gasteiger partial charge in [-0.3, -0.25) is 0 Å². The van der Waals surface area contributed by atoms with E-state index in [0.717, 1.165) is 0 Å². The Morgan fingerprint density at radius 3 is 1.57 bits per heavy atom. The van der Waals surface area contributed by atoms with Gasteiger partial charge in [-0.1, -0.05) is 54.7 Å². The summed E-state index contributed by atoms with van der Waals surface area (Å²) in [4.78, 5) is 2.40. The molecule has 0 bridgehead atoms. The fourth-order valence-corrected chi connectivity index (χ4v) is 3.74. The summed E-state index contributed by atoms with van der Waals surface area (Å²) in [6.45, 7) is 13.8. The summed E-state index contributed by atoms with van der Waals surface area (Å²) in [5, 5.41) is 1.51. The van der Waals surface area contributed by atoms with Crippen molar-refractivity contribution >= 4 is 24.6 Å². The first-order valence-corrected chi connectivity index (χ1v) is 11.3. The Labute approximate surface area is 130 Å². The Hall–Kier alpha value is -1.54. The van der Waals surface area contributed by atoms with Gasteiger partial charge in [0.05, 0.1) is 8.07 Å². The molecule has 0 aliphatic heterocycles. The van der Waals surface area contributed by atoms with Crippen molar-refractivity contribution in [2.75, 3.05) is 4.90 Å². The third-order valence-corrected chi connectivity index (χ3v) is 5.91. The van der Waals surface area contributed by atoms with Gasteiger partial charge in [-0.2, -0.15) is 0 Å². The Bertz CT molecular complexity index is 576. The molecule has 0 unspecified atom stereocenters. The molecule has 0 aliphatic rings. The minimum absolute atomic E-state index is 0.436. The van der Waals surface area contributed by atoms with Gasteiger partial charge in [-0.25, -0.2) is 0 Å². The first kappa shape index (κ1) is 15.8. The van der Waals surface area contributed by atoms with Crippen molar-refractivity contribution in [3.63, 3.8) is 0 Å². The van der Waals surface area contributed by atoms with Crippen LogP contribution in [0.15, 0.2) is 48.5 Å². The zero-order valence-corrected chi connectivity index (χ0v) is 15.1. The van der Waals surface area contributed by atoms with Gasteiger partial charge >= 0.3 is 0 Å². The Morgan fingerprint density at radius 2 is 1.19 bits per heavy atom. The Kier molecular flexibility index (Phi) is 4.57. The Morgan fingerprint density at radius 1 is 0.762 bits per heavy atom. The van der Waals surface area contributed by atoms with Crippen LogP contribution in [0.2, 0.25) is 19.6 Å². The number of benzene rings is 2. The van der Waals surface area contributed by atoms with E-state index < -0.39 is 8.07 Å². The second-order valence-corrected chi connectivity index (χ2v) is 12.2. The van der Waals surface area contributed by atoms with Gasteiger partial charge in [-0.05, 0) is 45.0 Å². The van der Waals surface area contributed by atoms with E-state index >= 15 is 0 Å². The molecule has 1 nitrogen and oxygen atoms in total. The van der Waals surface area contributed by atoms with Crippen LogP contribution < -0.4 is 10.1 Å². The number of anilines is 2. The van der Waals surface area contributed by atoms with Gasteiger partial charge in [0, 0.05) is 17.4 Å². The van der Waals surface area contributed by atoms with E-state index in [9.17, 15) is 0 Å². The summed E-state index contributed by atoms with van der Waals surface area (Å²) in [5.74, 6) is 0. The maximum Gasteiger partial charge on any atom is 0.0775 e. The van der Waals surface area contributed by atoms with Gasteiger partial charge in [0.2, 0.25) is 0 Å². The van der Waals surface area contributed by atoms with Crippen LogP contribution in [-0.4, -0.2) is 14.1 Å². The monoisotopic (exact) mass is 297 g/mol. The Balaban J connectivity index is 2.37. The van der Waals surface area contributed by atoms with Crippen molar-refractivity contribution in [3.8, 4) is 0 Å². The molecule has 0 saturated carbocycles. The average molecular weight is 298 g/mol. The van der Waals surface area contributed by atoms with Crippen molar-refractivity contribution in [2.45, 2.75) is 46.5 Å². The van der Waals surface area contributed by atoms with Crippen molar-refractivity contribution in [1.82, 2.24) is 0 Å². The standard InChI is InChI=1S/C19H27NSi/c1-15(2)20(17-9-7-16(3)8-10-17)18-11-13-19(14-12-18)21(4,5)6/h7-15H,1-6H3. The van der Waals surface area contributed by atoms with E-state index in [0.29, 0.717) is 6.04 Å². The highest BCUT2D eigenvalue weighted by atomic mass is 28.3. The van der Waals surface area contributed by atoms with Crippen molar-refractivity contribution in [1.29, 1.82) is 0 Å². The maximum absolute atomic E-state index is 2.40. The zero-order chi connectivity index (χ0) is 15.6. The largest absolute Gasteiger partial charge is 0.339 e. The lowest BCUT2D eigenvalue weighted by atomic mass is 10.1. The molecule has 0 amide bonds. The number of hydrogen-bond donors (Lipinski definition) is 0. The molecule has 2 rings (SSSR count).